The number of rotatable bonds is 4. The van der Waals surface area contributed by atoms with Crippen molar-refractivity contribution in [2.24, 2.45) is 0 Å². The molecule has 0 saturated carbocycles. The molecule has 4 nitrogen and oxygen atoms in total. The first-order valence-corrected chi connectivity index (χ1v) is 7.13. The lowest BCUT2D eigenvalue weighted by molar-refractivity contribution is -0.118. The van der Waals surface area contributed by atoms with Crippen LogP contribution < -0.4 is 10.1 Å². The fraction of sp³-hybridized carbons (Fsp3) is 0.125. The number of nitrogens with zero attached hydrogens (tertiary/aromatic N) is 1. The van der Waals surface area contributed by atoms with Crippen LogP contribution in [0.2, 0.25) is 10.0 Å². The topological polar surface area (TPSA) is 62.1 Å². The SMILES string of the molecule is Cc1cc(OCC(=O)Nc2ccc(C#N)c(Cl)c2)ccc1Cl. The molecular formula is C16H12Cl2N2O2. The van der Waals surface area contributed by atoms with Gasteiger partial charge in [0.15, 0.2) is 6.61 Å². The number of nitriles is 1. The number of anilines is 1. The van der Waals surface area contributed by atoms with Crippen LogP contribution in [0, 0.1) is 18.3 Å². The van der Waals surface area contributed by atoms with E-state index in [-0.39, 0.29) is 17.5 Å². The van der Waals surface area contributed by atoms with E-state index in [1.165, 1.54) is 6.07 Å². The van der Waals surface area contributed by atoms with Crippen molar-refractivity contribution in [2.45, 2.75) is 6.92 Å². The lowest BCUT2D eigenvalue weighted by atomic mass is 10.2. The predicted octanol–water partition coefficient (Wildman–Crippen LogP) is 4.19. The third-order valence-corrected chi connectivity index (χ3v) is 3.61. The van der Waals surface area contributed by atoms with Crippen LogP contribution in [0.4, 0.5) is 5.69 Å². The first-order chi connectivity index (χ1) is 10.5. The second-order valence-corrected chi connectivity index (χ2v) is 5.37. The third kappa shape index (κ3) is 4.14. The highest BCUT2D eigenvalue weighted by atomic mass is 35.5. The summed E-state index contributed by atoms with van der Waals surface area (Å²) in [6.07, 6.45) is 0. The first-order valence-electron chi connectivity index (χ1n) is 6.38. The van der Waals surface area contributed by atoms with Crippen molar-refractivity contribution in [3.8, 4) is 11.8 Å². The molecule has 1 amide bonds. The molecule has 1 N–H and O–H groups in total. The van der Waals surface area contributed by atoms with Gasteiger partial charge in [-0.1, -0.05) is 23.2 Å². The minimum absolute atomic E-state index is 0.140. The van der Waals surface area contributed by atoms with Gasteiger partial charge in [-0.2, -0.15) is 5.26 Å². The number of carbonyl (C=O) groups is 1. The standard InChI is InChI=1S/C16H12Cl2N2O2/c1-10-6-13(4-5-14(10)17)22-9-16(21)20-12-3-2-11(8-19)15(18)7-12/h2-7H,9H2,1H3,(H,20,21). The van der Waals surface area contributed by atoms with Gasteiger partial charge >= 0.3 is 0 Å². The molecule has 6 heteroatoms. The number of amides is 1. The number of hydrogen-bond acceptors (Lipinski definition) is 3. The van der Waals surface area contributed by atoms with Gasteiger partial charge in [-0.3, -0.25) is 4.79 Å². The average molecular weight is 335 g/mol. The number of halogens is 2. The van der Waals surface area contributed by atoms with Crippen LogP contribution in [0.3, 0.4) is 0 Å². The molecule has 0 heterocycles. The summed E-state index contributed by atoms with van der Waals surface area (Å²) in [5, 5.41) is 12.4. The summed E-state index contributed by atoms with van der Waals surface area (Å²) < 4.78 is 5.39. The third-order valence-electron chi connectivity index (χ3n) is 2.87. The molecule has 0 aliphatic heterocycles. The summed E-state index contributed by atoms with van der Waals surface area (Å²) in [4.78, 5) is 11.8. The number of nitrogens with one attached hydrogen (secondary N) is 1. The van der Waals surface area contributed by atoms with Crippen LogP contribution in [-0.4, -0.2) is 12.5 Å². The average Bonchev–Trinajstić information content (AvgIpc) is 2.49. The van der Waals surface area contributed by atoms with Crippen LogP contribution >= 0.6 is 23.2 Å². The van der Waals surface area contributed by atoms with E-state index in [0.29, 0.717) is 22.0 Å². The monoisotopic (exact) mass is 334 g/mol. The van der Waals surface area contributed by atoms with Gasteiger partial charge in [0.1, 0.15) is 11.8 Å². The molecule has 0 spiro atoms. The Balaban J connectivity index is 1.94. The Hall–Kier alpha value is -2.22. The zero-order chi connectivity index (χ0) is 16.1. The van der Waals surface area contributed by atoms with Crippen molar-refractivity contribution in [1.29, 1.82) is 5.26 Å². The van der Waals surface area contributed by atoms with E-state index in [9.17, 15) is 4.79 Å². The Bertz CT molecular complexity index is 754. The molecule has 0 aliphatic rings. The highest BCUT2D eigenvalue weighted by molar-refractivity contribution is 6.32. The Labute approximate surface area is 138 Å². The molecule has 0 bridgehead atoms. The van der Waals surface area contributed by atoms with E-state index in [0.717, 1.165) is 5.56 Å². The van der Waals surface area contributed by atoms with Gasteiger partial charge in [0.25, 0.3) is 5.91 Å². The lowest BCUT2D eigenvalue weighted by Crippen LogP contribution is -2.20. The van der Waals surface area contributed by atoms with E-state index in [4.69, 9.17) is 33.2 Å². The Morgan fingerprint density at radius 2 is 2.00 bits per heavy atom. The second kappa shape index (κ2) is 7.17. The summed E-state index contributed by atoms with van der Waals surface area (Å²) in [6.45, 7) is 1.71. The summed E-state index contributed by atoms with van der Waals surface area (Å²) >= 11 is 11.8. The largest absolute Gasteiger partial charge is 0.484 e. The predicted molar refractivity (Wildman–Crippen MR) is 86.5 cm³/mol. The van der Waals surface area contributed by atoms with Crippen LogP contribution in [-0.2, 0) is 4.79 Å². The van der Waals surface area contributed by atoms with Crippen LogP contribution in [0.5, 0.6) is 5.75 Å². The normalized spacial score (nSPS) is 9.91. The quantitative estimate of drug-likeness (QED) is 0.911. The number of benzene rings is 2. The van der Waals surface area contributed by atoms with Gasteiger partial charge in [0.2, 0.25) is 0 Å². The van der Waals surface area contributed by atoms with E-state index in [1.807, 2.05) is 13.0 Å². The smallest absolute Gasteiger partial charge is 0.262 e. The number of carbonyl (C=O) groups excluding carboxylic acids is 1. The molecule has 22 heavy (non-hydrogen) atoms. The van der Waals surface area contributed by atoms with Gasteiger partial charge in [0.05, 0.1) is 10.6 Å². The van der Waals surface area contributed by atoms with Gasteiger partial charge in [-0.15, -0.1) is 0 Å². The minimum atomic E-state index is -0.326. The minimum Gasteiger partial charge on any atom is -0.484 e. The molecule has 0 unspecified atom stereocenters. The Kier molecular flexibility index (Phi) is 5.26. The lowest BCUT2D eigenvalue weighted by Gasteiger charge is -2.09. The van der Waals surface area contributed by atoms with Crippen molar-refractivity contribution in [1.82, 2.24) is 0 Å². The number of ether oxygens (including phenoxy) is 1. The maximum absolute atomic E-state index is 11.8. The molecule has 0 aliphatic carbocycles. The van der Waals surface area contributed by atoms with Crippen LogP contribution in [0.15, 0.2) is 36.4 Å². The maximum Gasteiger partial charge on any atom is 0.262 e. The van der Waals surface area contributed by atoms with E-state index in [1.54, 1.807) is 30.3 Å². The first kappa shape index (κ1) is 16.2. The van der Waals surface area contributed by atoms with Gasteiger partial charge in [0, 0.05) is 10.7 Å². The molecule has 0 fully saturated rings. The molecule has 0 aromatic heterocycles. The van der Waals surface area contributed by atoms with E-state index >= 15 is 0 Å². The van der Waals surface area contributed by atoms with E-state index < -0.39 is 0 Å². The van der Waals surface area contributed by atoms with Crippen molar-refractivity contribution < 1.29 is 9.53 Å². The zero-order valence-electron chi connectivity index (χ0n) is 11.7. The summed E-state index contributed by atoms with van der Waals surface area (Å²) in [5.74, 6) is 0.239. The molecule has 0 saturated heterocycles. The van der Waals surface area contributed by atoms with Crippen molar-refractivity contribution in [3.63, 3.8) is 0 Å². The van der Waals surface area contributed by atoms with Crippen molar-refractivity contribution in [2.75, 3.05) is 11.9 Å². The summed E-state index contributed by atoms with van der Waals surface area (Å²) in [6, 6.07) is 11.8. The summed E-state index contributed by atoms with van der Waals surface area (Å²) in [5.41, 5.74) is 1.73. The zero-order valence-corrected chi connectivity index (χ0v) is 13.2. The summed E-state index contributed by atoms with van der Waals surface area (Å²) in [7, 11) is 0. The molecule has 2 rings (SSSR count). The maximum atomic E-state index is 11.8. The van der Waals surface area contributed by atoms with Crippen molar-refractivity contribution in [3.05, 3.63) is 57.6 Å². The van der Waals surface area contributed by atoms with Gasteiger partial charge < -0.3 is 10.1 Å². The highest BCUT2D eigenvalue weighted by Gasteiger charge is 2.07. The van der Waals surface area contributed by atoms with Gasteiger partial charge in [-0.05, 0) is 48.9 Å². The highest BCUT2D eigenvalue weighted by Crippen LogP contribution is 2.22. The fourth-order valence-electron chi connectivity index (χ4n) is 1.74. The number of aryl methyl sites for hydroxylation is 1. The van der Waals surface area contributed by atoms with E-state index in [2.05, 4.69) is 5.32 Å². The molecule has 0 radical (unpaired) electrons. The van der Waals surface area contributed by atoms with Crippen molar-refractivity contribution >= 4 is 34.8 Å². The van der Waals surface area contributed by atoms with Gasteiger partial charge in [-0.25, -0.2) is 0 Å². The molecule has 112 valence electrons. The molecule has 2 aromatic rings. The molecular weight excluding hydrogens is 323 g/mol. The molecule has 0 atom stereocenters. The molecule has 2 aromatic carbocycles. The Morgan fingerprint density at radius 3 is 2.64 bits per heavy atom. The van der Waals surface area contributed by atoms with Crippen LogP contribution in [0.1, 0.15) is 11.1 Å². The number of hydrogen-bond donors (Lipinski definition) is 1. The second-order valence-electron chi connectivity index (χ2n) is 4.55. The van der Waals surface area contributed by atoms with Crippen LogP contribution in [0.25, 0.3) is 0 Å². The Morgan fingerprint density at radius 1 is 1.23 bits per heavy atom. The fourth-order valence-corrected chi connectivity index (χ4v) is 2.08.